The molecule has 0 unspecified atom stereocenters. The molecule has 0 N–H and O–H groups in total. The average molecular weight is 144 g/mol. The summed E-state index contributed by atoms with van der Waals surface area (Å²) in [7, 11) is 0. The summed E-state index contributed by atoms with van der Waals surface area (Å²) in [5, 5.41) is 0. The Bertz CT molecular complexity index is 85.3. The molecule has 1 heterocycles. The van der Waals surface area contributed by atoms with Crippen molar-refractivity contribution in [1.29, 1.82) is 0 Å². The molecule has 60 valence electrons. The molecule has 1 saturated heterocycles. The van der Waals surface area contributed by atoms with Gasteiger partial charge in [0.1, 0.15) is 0 Å². The topological polar surface area (TPSA) is 18.5 Å². The van der Waals surface area contributed by atoms with Gasteiger partial charge in [-0.05, 0) is 26.7 Å². The summed E-state index contributed by atoms with van der Waals surface area (Å²) in [5.41, 5.74) is 0. The third-order valence-electron chi connectivity index (χ3n) is 1.64. The van der Waals surface area contributed by atoms with Crippen LogP contribution in [-0.4, -0.2) is 25.4 Å². The van der Waals surface area contributed by atoms with Crippen LogP contribution >= 0.6 is 0 Å². The van der Waals surface area contributed by atoms with E-state index >= 15 is 0 Å². The molecule has 1 atom stereocenters. The van der Waals surface area contributed by atoms with E-state index in [1.165, 1.54) is 12.8 Å². The molecular formula is C8H16O2. The fourth-order valence-electron chi connectivity index (χ4n) is 1.08. The Labute approximate surface area is 62.5 Å². The second kappa shape index (κ2) is 3.94. The third-order valence-corrected chi connectivity index (χ3v) is 1.64. The van der Waals surface area contributed by atoms with Gasteiger partial charge in [-0.25, -0.2) is 0 Å². The average Bonchev–Trinajstić information content (AvgIpc) is 2.34. The molecule has 10 heavy (non-hydrogen) atoms. The molecular weight excluding hydrogens is 128 g/mol. The van der Waals surface area contributed by atoms with Crippen molar-refractivity contribution in [2.75, 3.05) is 13.2 Å². The van der Waals surface area contributed by atoms with E-state index < -0.39 is 0 Å². The zero-order valence-corrected chi connectivity index (χ0v) is 6.80. The standard InChI is InChI=1S/C8H16O2/c1-7(2)10-6-8-4-3-5-9-8/h7-8H,3-6H2,1-2H3/t8-/m0/s1. The summed E-state index contributed by atoms with van der Waals surface area (Å²) in [6, 6.07) is 0. The molecule has 0 saturated carbocycles. The molecule has 1 fully saturated rings. The van der Waals surface area contributed by atoms with Gasteiger partial charge in [0, 0.05) is 6.61 Å². The molecule has 0 aliphatic carbocycles. The Kier molecular flexibility index (Phi) is 3.16. The van der Waals surface area contributed by atoms with Gasteiger partial charge in [-0.1, -0.05) is 0 Å². The van der Waals surface area contributed by atoms with Gasteiger partial charge in [0.25, 0.3) is 0 Å². The van der Waals surface area contributed by atoms with Crippen LogP contribution in [0.25, 0.3) is 0 Å². The van der Waals surface area contributed by atoms with Crippen molar-refractivity contribution in [1.82, 2.24) is 0 Å². The summed E-state index contributed by atoms with van der Waals surface area (Å²) >= 11 is 0. The Morgan fingerprint density at radius 1 is 1.60 bits per heavy atom. The number of rotatable bonds is 3. The van der Waals surface area contributed by atoms with Crippen molar-refractivity contribution in [3.05, 3.63) is 0 Å². The molecule has 2 heteroatoms. The normalized spacial score (nSPS) is 26.1. The molecule has 0 bridgehead atoms. The zero-order valence-electron chi connectivity index (χ0n) is 6.80. The van der Waals surface area contributed by atoms with Crippen LogP contribution in [0.1, 0.15) is 26.7 Å². The van der Waals surface area contributed by atoms with Gasteiger partial charge < -0.3 is 9.47 Å². The molecule has 1 aliphatic heterocycles. The van der Waals surface area contributed by atoms with E-state index in [1.807, 2.05) is 0 Å². The Morgan fingerprint density at radius 3 is 2.90 bits per heavy atom. The predicted molar refractivity (Wildman–Crippen MR) is 40.1 cm³/mol. The second-order valence-electron chi connectivity index (χ2n) is 3.02. The van der Waals surface area contributed by atoms with E-state index in [-0.39, 0.29) is 0 Å². The van der Waals surface area contributed by atoms with E-state index in [0.29, 0.717) is 12.2 Å². The van der Waals surface area contributed by atoms with Crippen LogP contribution in [0.15, 0.2) is 0 Å². The number of ether oxygens (including phenoxy) is 2. The van der Waals surface area contributed by atoms with Crippen molar-refractivity contribution in [2.24, 2.45) is 0 Å². The first kappa shape index (κ1) is 8.02. The van der Waals surface area contributed by atoms with Crippen molar-refractivity contribution in [3.8, 4) is 0 Å². The highest BCUT2D eigenvalue weighted by Crippen LogP contribution is 2.12. The lowest BCUT2D eigenvalue weighted by atomic mass is 10.2. The first-order chi connectivity index (χ1) is 4.79. The fourth-order valence-corrected chi connectivity index (χ4v) is 1.08. The number of hydrogen-bond acceptors (Lipinski definition) is 2. The largest absolute Gasteiger partial charge is 0.376 e. The van der Waals surface area contributed by atoms with Crippen LogP contribution in [0.4, 0.5) is 0 Å². The van der Waals surface area contributed by atoms with Gasteiger partial charge in [-0.2, -0.15) is 0 Å². The summed E-state index contributed by atoms with van der Waals surface area (Å²) < 4.78 is 10.8. The lowest BCUT2D eigenvalue weighted by Crippen LogP contribution is -2.17. The van der Waals surface area contributed by atoms with Crippen LogP contribution in [0.5, 0.6) is 0 Å². The number of hydrogen-bond donors (Lipinski definition) is 0. The maximum absolute atomic E-state index is 5.40. The van der Waals surface area contributed by atoms with E-state index in [4.69, 9.17) is 9.47 Å². The molecule has 0 aromatic heterocycles. The van der Waals surface area contributed by atoms with Crippen LogP contribution in [0, 0.1) is 0 Å². The van der Waals surface area contributed by atoms with Crippen LogP contribution in [-0.2, 0) is 9.47 Å². The second-order valence-corrected chi connectivity index (χ2v) is 3.02. The highest BCUT2D eigenvalue weighted by Gasteiger charge is 2.15. The molecule has 0 amide bonds. The van der Waals surface area contributed by atoms with Gasteiger partial charge in [-0.15, -0.1) is 0 Å². The van der Waals surface area contributed by atoms with Crippen LogP contribution in [0.3, 0.4) is 0 Å². The lowest BCUT2D eigenvalue weighted by molar-refractivity contribution is -0.00761. The fraction of sp³-hybridized carbons (Fsp3) is 1.00. The Morgan fingerprint density at radius 2 is 2.40 bits per heavy atom. The van der Waals surface area contributed by atoms with Crippen molar-refractivity contribution < 1.29 is 9.47 Å². The minimum absolute atomic E-state index is 0.337. The van der Waals surface area contributed by atoms with Crippen molar-refractivity contribution in [3.63, 3.8) is 0 Å². The smallest absolute Gasteiger partial charge is 0.0809 e. The van der Waals surface area contributed by atoms with Gasteiger partial charge >= 0.3 is 0 Å². The first-order valence-electron chi connectivity index (χ1n) is 4.02. The molecule has 0 aromatic rings. The highest BCUT2D eigenvalue weighted by atomic mass is 16.5. The molecule has 1 aliphatic rings. The van der Waals surface area contributed by atoms with E-state index in [2.05, 4.69) is 13.8 Å². The Hall–Kier alpha value is -0.0800. The maximum Gasteiger partial charge on any atom is 0.0809 e. The zero-order chi connectivity index (χ0) is 7.40. The van der Waals surface area contributed by atoms with Gasteiger partial charge in [0.2, 0.25) is 0 Å². The maximum atomic E-state index is 5.40. The third kappa shape index (κ3) is 2.67. The minimum Gasteiger partial charge on any atom is -0.376 e. The molecule has 1 rings (SSSR count). The minimum atomic E-state index is 0.337. The van der Waals surface area contributed by atoms with E-state index in [0.717, 1.165) is 13.2 Å². The molecule has 0 aromatic carbocycles. The van der Waals surface area contributed by atoms with Gasteiger partial charge in [-0.3, -0.25) is 0 Å². The van der Waals surface area contributed by atoms with Crippen LogP contribution < -0.4 is 0 Å². The van der Waals surface area contributed by atoms with E-state index in [1.54, 1.807) is 0 Å². The molecule has 0 radical (unpaired) electrons. The summed E-state index contributed by atoms with van der Waals surface area (Å²) in [6.07, 6.45) is 3.09. The summed E-state index contributed by atoms with van der Waals surface area (Å²) in [6.45, 7) is 5.80. The lowest BCUT2D eigenvalue weighted by Gasteiger charge is -2.11. The van der Waals surface area contributed by atoms with Gasteiger partial charge in [0.05, 0.1) is 18.8 Å². The highest BCUT2D eigenvalue weighted by molar-refractivity contribution is 4.63. The first-order valence-corrected chi connectivity index (χ1v) is 4.02. The van der Waals surface area contributed by atoms with Gasteiger partial charge in [0.15, 0.2) is 0 Å². The predicted octanol–water partition coefficient (Wildman–Crippen LogP) is 1.59. The summed E-state index contributed by atoms with van der Waals surface area (Å²) in [5.74, 6) is 0. The monoisotopic (exact) mass is 144 g/mol. The van der Waals surface area contributed by atoms with Crippen molar-refractivity contribution >= 4 is 0 Å². The van der Waals surface area contributed by atoms with E-state index in [9.17, 15) is 0 Å². The Balaban J connectivity index is 2.01. The summed E-state index contributed by atoms with van der Waals surface area (Å²) in [4.78, 5) is 0. The molecule has 2 nitrogen and oxygen atoms in total. The van der Waals surface area contributed by atoms with Crippen LogP contribution in [0.2, 0.25) is 0 Å². The van der Waals surface area contributed by atoms with Crippen molar-refractivity contribution in [2.45, 2.75) is 38.9 Å². The molecule has 0 spiro atoms. The quantitative estimate of drug-likeness (QED) is 0.599. The SMILES string of the molecule is CC(C)OC[C@@H]1CCCO1.